The van der Waals surface area contributed by atoms with Gasteiger partial charge < -0.3 is 5.73 Å². The van der Waals surface area contributed by atoms with Gasteiger partial charge in [0.25, 0.3) is 0 Å². The lowest BCUT2D eigenvalue weighted by atomic mass is 9.99. The largest absolute Gasteiger partial charge is 0.400 e. The van der Waals surface area contributed by atoms with Gasteiger partial charge in [0.15, 0.2) is 0 Å². The molecule has 2 N–H and O–H groups in total. The summed E-state index contributed by atoms with van der Waals surface area (Å²) < 4.78 is 13.4. The number of benzene rings is 1. The summed E-state index contributed by atoms with van der Waals surface area (Å²) in [6.07, 6.45) is 3.58. The van der Waals surface area contributed by atoms with E-state index < -0.39 is 0 Å². The Labute approximate surface area is 139 Å². The second-order valence-electron chi connectivity index (χ2n) is 6.09. The van der Waals surface area contributed by atoms with Gasteiger partial charge in [0, 0.05) is 23.3 Å². The number of allylic oxidation sites excluding steroid dienone is 1. The van der Waals surface area contributed by atoms with Crippen molar-refractivity contribution in [1.29, 1.82) is 0 Å². The van der Waals surface area contributed by atoms with E-state index in [-0.39, 0.29) is 17.5 Å². The maximum atomic E-state index is 13.4. The van der Waals surface area contributed by atoms with E-state index in [0.717, 1.165) is 5.56 Å². The zero-order valence-electron chi connectivity index (χ0n) is 13.6. The van der Waals surface area contributed by atoms with Gasteiger partial charge in [0.05, 0.1) is 5.35 Å². The average molecular weight is 323 g/mol. The summed E-state index contributed by atoms with van der Waals surface area (Å²) in [6.45, 7) is 7.52. The van der Waals surface area contributed by atoms with Crippen molar-refractivity contribution < 1.29 is 9.18 Å². The molecule has 0 amide bonds. The van der Waals surface area contributed by atoms with Gasteiger partial charge in [-0.25, -0.2) is 14.4 Å². The Balaban J connectivity index is 1.93. The minimum Gasteiger partial charge on any atom is -0.400 e. The quantitative estimate of drug-likeness (QED) is 0.682. The molecule has 0 fully saturated rings. The first-order valence-corrected chi connectivity index (χ1v) is 7.68. The maximum absolute atomic E-state index is 13.4. The highest BCUT2D eigenvalue weighted by Gasteiger charge is 2.20. The fourth-order valence-electron chi connectivity index (χ4n) is 2.83. The highest BCUT2D eigenvalue weighted by Crippen LogP contribution is 2.15. The van der Waals surface area contributed by atoms with Crippen LogP contribution in [-0.4, -0.2) is 15.8 Å². The van der Waals surface area contributed by atoms with Crippen molar-refractivity contribution in [2.24, 2.45) is 11.7 Å². The zero-order valence-corrected chi connectivity index (χ0v) is 13.6. The van der Waals surface area contributed by atoms with Gasteiger partial charge in [-0.1, -0.05) is 31.7 Å². The van der Waals surface area contributed by atoms with Crippen molar-refractivity contribution in [1.82, 2.24) is 9.97 Å². The van der Waals surface area contributed by atoms with Gasteiger partial charge in [-0.15, -0.1) is 0 Å². The number of aromatic nitrogens is 2. The topological polar surface area (TPSA) is 68.9 Å². The smallest absolute Gasteiger partial charge is 0.207 e. The van der Waals surface area contributed by atoms with E-state index >= 15 is 0 Å². The van der Waals surface area contributed by atoms with Crippen LogP contribution in [0.3, 0.4) is 0 Å². The Hall–Kier alpha value is -2.82. The number of nitrogens with two attached hydrogens (primary N) is 1. The number of hydrogen-bond acceptors (Lipinski definition) is 4. The Morgan fingerprint density at radius 3 is 2.83 bits per heavy atom. The first-order valence-electron chi connectivity index (χ1n) is 7.68. The molecule has 24 heavy (non-hydrogen) atoms. The molecule has 1 aliphatic carbocycles. The maximum Gasteiger partial charge on any atom is 0.207 e. The number of carbonyl (C=O) groups is 1. The molecule has 4 nitrogen and oxygen atoms in total. The van der Waals surface area contributed by atoms with E-state index in [2.05, 4.69) is 16.5 Å². The molecule has 0 radical (unpaired) electrons. The van der Waals surface area contributed by atoms with E-state index in [1.807, 2.05) is 13.0 Å². The minimum absolute atomic E-state index is 0.0243. The van der Waals surface area contributed by atoms with Crippen LogP contribution in [0.1, 0.15) is 28.5 Å². The third-order valence-electron chi connectivity index (χ3n) is 4.24. The third kappa shape index (κ3) is 2.73. The van der Waals surface area contributed by atoms with Gasteiger partial charge in [0.2, 0.25) is 5.78 Å². The molecule has 1 atom stereocenters. The Morgan fingerprint density at radius 2 is 2.12 bits per heavy atom. The number of aryl methyl sites for hydroxylation is 1. The molecule has 0 saturated carbocycles. The van der Waals surface area contributed by atoms with Crippen LogP contribution >= 0.6 is 0 Å². The summed E-state index contributed by atoms with van der Waals surface area (Å²) in [5.74, 6) is -0.482. The van der Waals surface area contributed by atoms with Gasteiger partial charge in [-0.3, -0.25) is 4.79 Å². The van der Waals surface area contributed by atoms with E-state index in [0.29, 0.717) is 39.5 Å². The Bertz CT molecular complexity index is 979. The summed E-state index contributed by atoms with van der Waals surface area (Å²) >= 11 is 0. The second-order valence-corrected chi connectivity index (χ2v) is 6.09. The first-order chi connectivity index (χ1) is 11.4. The summed E-state index contributed by atoms with van der Waals surface area (Å²) in [5, 5.41) is 1.29. The number of Topliss-reactive ketones (excluding diaryl/α,β-unsaturated/α-hetero) is 1. The molecular weight excluding hydrogens is 305 g/mol. The highest BCUT2D eigenvalue weighted by molar-refractivity contribution is 6.07. The molecule has 0 aliphatic heterocycles. The predicted molar refractivity (Wildman–Crippen MR) is 90.8 cm³/mol. The van der Waals surface area contributed by atoms with Crippen LogP contribution in [0.25, 0.3) is 11.8 Å². The third-order valence-corrected chi connectivity index (χ3v) is 4.24. The SMILES string of the molecule is C=C(Cc1ccc(F)c(C)c1)C(=O)c1ncnc2c1=CC(C)C=2N. The molecular formula is C19H18FN3O. The predicted octanol–water partition coefficient (Wildman–Crippen LogP) is 1.40. The molecule has 0 saturated heterocycles. The van der Waals surface area contributed by atoms with Crippen LogP contribution in [0.2, 0.25) is 0 Å². The molecule has 2 aromatic rings. The van der Waals surface area contributed by atoms with Crippen molar-refractivity contribution in [3.63, 3.8) is 0 Å². The first kappa shape index (κ1) is 16.1. The van der Waals surface area contributed by atoms with E-state index in [9.17, 15) is 9.18 Å². The van der Waals surface area contributed by atoms with Crippen LogP contribution < -0.4 is 16.3 Å². The van der Waals surface area contributed by atoms with E-state index in [1.54, 1.807) is 19.1 Å². The fourth-order valence-corrected chi connectivity index (χ4v) is 2.83. The van der Waals surface area contributed by atoms with E-state index in [1.165, 1.54) is 12.4 Å². The lowest BCUT2D eigenvalue weighted by molar-refractivity contribution is 0.102. The number of rotatable bonds is 4. The molecule has 122 valence electrons. The van der Waals surface area contributed by atoms with Crippen molar-refractivity contribution in [2.45, 2.75) is 20.3 Å². The lowest BCUT2D eigenvalue weighted by Gasteiger charge is -2.06. The van der Waals surface area contributed by atoms with Gasteiger partial charge in [0.1, 0.15) is 17.8 Å². The summed E-state index contributed by atoms with van der Waals surface area (Å²) in [6, 6.07) is 4.78. The summed E-state index contributed by atoms with van der Waals surface area (Å²) in [5.41, 5.74) is 8.74. The number of hydrogen-bond donors (Lipinski definition) is 1. The zero-order chi connectivity index (χ0) is 17.4. The molecule has 5 heteroatoms. The normalized spacial score (nSPS) is 15.8. The molecule has 1 aromatic heterocycles. The van der Waals surface area contributed by atoms with Gasteiger partial charge in [-0.2, -0.15) is 0 Å². The van der Waals surface area contributed by atoms with E-state index in [4.69, 9.17) is 5.73 Å². The lowest BCUT2D eigenvalue weighted by Crippen LogP contribution is -2.35. The number of fused-ring (bicyclic) bond motifs is 1. The van der Waals surface area contributed by atoms with Crippen molar-refractivity contribution >= 4 is 17.6 Å². The monoisotopic (exact) mass is 323 g/mol. The molecule has 1 aliphatic rings. The van der Waals surface area contributed by atoms with Gasteiger partial charge >= 0.3 is 0 Å². The minimum atomic E-state index is -0.265. The van der Waals surface area contributed by atoms with Crippen LogP contribution in [-0.2, 0) is 6.42 Å². The van der Waals surface area contributed by atoms with Crippen LogP contribution in [0.15, 0.2) is 36.7 Å². The summed E-state index contributed by atoms with van der Waals surface area (Å²) in [7, 11) is 0. The molecule has 1 aromatic carbocycles. The fraction of sp³-hybridized carbons (Fsp3) is 0.211. The molecule has 1 heterocycles. The highest BCUT2D eigenvalue weighted by atomic mass is 19.1. The Morgan fingerprint density at radius 1 is 1.38 bits per heavy atom. The van der Waals surface area contributed by atoms with Crippen molar-refractivity contribution in [2.75, 3.05) is 0 Å². The number of carbonyl (C=O) groups excluding carboxylic acids is 1. The van der Waals surface area contributed by atoms with Crippen LogP contribution in [0, 0.1) is 18.7 Å². The number of ketones is 1. The van der Waals surface area contributed by atoms with Crippen LogP contribution in [0.5, 0.6) is 0 Å². The van der Waals surface area contributed by atoms with Crippen LogP contribution in [0.4, 0.5) is 4.39 Å². The second kappa shape index (κ2) is 6.00. The van der Waals surface area contributed by atoms with Gasteiger partial charge in [-0.05, 0) is 29.7 Å². The number of halogens is 1. The molecule has 0 bridgehead atoms. The Kier molecular flexibility index (Phi) is 4.01. The standard InChI is InChI=1S/C19H18FN3O/c1-10-6-13(4-5-15(10)20)7-12(3)19(24)18-14-8-11(2)16(21)17(14)22-9-23-18/h4-6,8-9,11H,3,7,21H2,1-2H3. The molecule has 1 unspecified atom stereocenters. The number of nitrogens with zero attached hydrogens (tertiary/aromatic N) is 2. The van der Waals surface area contributed by atoms with Crippen molar-refractivity contribution in [3.05, 3.63) is 69.9 Å². The van der Waals surface area contributed by atoms with Crippen molar-refractivity contribution in [3.8, 4) is 0 Å². The average Bonchev–Trinajstić information content (AvgIpc) is 2.85. The molecule has 3 rings (SSSR count). The molecule has 0 spiro atoms. The summed E-state index contributed by atoms with van der Waals surface area (Å²) in [4.78, 5) is 21.0.